The number of carbonyl (C=O) groups is 4. The number of carboxylic acid groups (broad SMARTS) is 1. The number of hydrogen-bond donors (Lipinski definition) is 4. The number of fused-ring (bicyclic) bond motifs is 2. The van der Waals surface area contributed by atoms with Crippen LogP contribution >= 0.6 is 0 Å². The minimum absolute atomic E-state index is 0.0888. The summed E-state index contributed by atoms with van der Waals surface area (Å²) in [5.74, 6) is -3.20. The topological polar surface area (TPSA) is 173 Å². The van der Waals surface area contributed by atoms with Gasteiger partial charge in [0.15, 0.2) is 0 Å². The van der Waals surface area contributed by atoms with Crippen LogP contribution in [-0.2, 0) is 24.4 Å². The number of carbonyl (C=O) groups excluding carboxylic acids is 3. The van der Waals surface area contributed by atoms with Crippen LogP contribution in [0.5, 0.6) is 0 Å². The first-order valence-corrected chi connectivity index (χ1v) is 16.5. The third kappa shape index (κ3) is 6.40. The maximum Gasteiger partial charge on any atom is 0.408 e. The number of rotatable bonds is 5. The Morgan fingerprint density at radius 2 is 1.86 bits per heavy atom. The summed E-state index contributed by atoms with van der Waals surface area (Å²) in [6.07, 6.45) is 3.28. The summed E-state index contributed by atoms with van der Waals surface area (Å²) in [7, 11) is -4.35. The number of nitrogens with zero attached hydrogens (tertiary/aromatic N) is 2. The second kappa shape index (κ2) is 11.6. The molecule has 4 rings (SSSR count). The fourth-order valence-electron chi connectivity index (χ4n) is 6.65. The fourth-order valence-corrected chi connectivity index (χ4v) is 8.08. The van der Waals surface area contributed by atoms with Crippen LogP contribution in [0.15, 0.2) is 12.2 Å². The van der Waals surface area contributed by atoms with Gasteiger partial charge in [-0.25, -0.2) is 17.6 Å². The van der Waals surface area contributed by atoms with Crippen LogP contribution in [0, 0.1) is 17.8 Å². The van der Waals surface area contributed by atoms with Crippen molar-refractivity contribution in [2.24, 2.45) is 17.8 Å². The Kier molecular flexibility index (Phi) is 8.98. The largest absolute Gasteiger partial charge is 0.465 e. The molecule has 12 nitrogen and oxygen atoms in total. The molecule has 1 saturated heterocycles. The molecule has 2 saturated carbocycles. The number of amides is 4. The van der Waals surface area contributed by atoms with Crippen LogP contribution in [0.3, 0.4) is 0 Å². The van der Waals surface area contributed by atoms with Crippen molar-refractivity contribution < 1.29 is 42.2 Å². The van der Waals surface area contributed by atoms with Crippen LogP contribution in [0.1, 0.15) is 79.6 Å². The number of aliphatic hydroxyl groups is 1. The van der Waals surface area contributed by atoms with E-state index in [9.17, 15) is 42.2 Å². The number of hydrogen-bond acceptors (Lipinski definition) is 7. The van der Waals surface area contributed by atoms with E-state index in [1.54, 1.807) is 26.8 Å². The first-order valence-electron chi connectivity index (χ1n) is 15.0. The SMILES string of the molecule is CC1CC/C=C\[C@@H]2C[C@@]2(C(=O)NS(=O)(=O)C2(CF)CC2)NC(=O)[C@@H]2C[C@@H](O)CN2C(=O)[C@@H](N(C(=O)O)C(C)(C)C)[C@H](C)C1. The third-order valence-corrected chi connectivity index (χ3v) is 11.6. The molecule has 242 valence electrons. The van der Waals surface area contributed by atoms with Gasteiger partial charge in [-0.2, -0.15) is 0 Å². The Hall–Kier alpha value is -2.74. The molecule has 14 heteroatoms. The van der Waals surface area contributed by atoms with E-state index in [1.807, 2.05) is 24.6 Å². The van der Waals surface area contributed by atoms with Crippen molar-refractivity contribution in [1.82, 2.24) is 19.8 Å². The molecule has 1 unspecified atom stereocenters. The van der Waals surface area contributed by atoms with Gasteiger partial charge in [-0.1, -0.05) is 26.0 Å². The van der Waals surface area contributed by atoms with Gasteiger partial charge < -0.3 is 20.4 Å². The van der Waals surface area contributed by atoms with Gasteiger partial charge in [0, 0.05) is 24.4 Å². The Labute approximate surface area is 252 Å². The van der Waals surface area contributed by atoms with Gasteiger partial charge in [-0.15, -0.1) is 0 Å². The van der Waals surface area contributed by atoms with Gasteiger partial charge >= 0.3 is 6.09 Å². The van der Waals surface area contributed by atoms with E-state index in [0.717, 1.165) is 4.90 Å². The number of allylic oxidation sites excluding steroid dienone is 1. The van der Waals surface area contributed by atoms with Crippen molar-refractivity contribution >= 4 is 33.8 Å². The Balaban J connectivity index is 1.70. The van der Waals surface area contributed by atoms with E-state index < -0.39 is 86.4 Å². The number of nitrogens with one attached hydrogen (secondary N) is 2. The molecular formula is C29H45FN4O8S. The molecule has 0 aromatic carbocycles. The minimum atomic E-state index is -4.35. The van der Waals surface area contributed by atoms with Crippen LogP contribution < -0.4 is 10.0 Å². The molecule has 7 atom stereocenters. The normalized spacial score (nSPS) is 35.4. The lowest BCUT2D eigenvalue weighted by atomic mass is 9.85. The maximum absolute atomic E-state index is 14.2. The molecule has 0 bridgehead atoms. The predicted octanol–water partition coefficient (Wildman–Crippen LogP) is 1.93. The van der Waals surface area contributed by atoms with Gasteiger partial charge in [0.1, 0.15) is 29.0 Å². The number of sulfonamides is 1. The fraction of sp³-hybridized carbons (Fsp3) is 0.793. The molecule has 3 fully saturated rings. The highest BCUT2D eigenvalue weighted by Gasteiger charge is 2.64. The Morgan fingerprint density at radius 3 is 2.42 bits per heavy atom. The lowest BCUT2D eigenvalue weighted by Crippen LogP contribution is -2.62. The summed E-state index contributed by atoms with van der Waals surface area (Å²) in [5, 5.41) is 23.5. The van der Waals surface area contributed by atoms with Crippen LogP contribution in [0.25, 0.3) is 0 Å². The maximum atomic E-state index is 14.2. The summed E-state index contributed by atoms with van der Waals surface area (Å²) in [5.41, 5.74) is -2.59. The molecule has 4 amide bonds. The van der Waals surface area contributed by atoms with E-state index in [4.69, 9.17) is 0 Å². The zero-order valence-electron chi connectivity index (χ0n) is 25.5. The molecule has 43 heavy (non-hydrogen) atoms. The standard InChI is InChI=1S/C29H45FN4O8S/c1-17-8-6-7-9-19-14-29(19,25(38)32-43(41,42)28(16-30)10-11-28)31-23(36)21-13-20(35)15-33(21)24(37)22(18(2)12-17)34(26(39)40)27(3,4)5/h7,9,17-22,35H,6,8,10-16H2,1-5H3,(H,31,36)(H,32,38)(H,39,40)/b9-7-/t17?,18-,19-,20-,21+,22+,29-/m1/s1. The van der Waals surface area contributed by atoms with Crippen molar-refractivity contribution in [3.8, 4) is 0 Å². The molecule has 4 N–H and O–H groups in total. The smallest absolute Gasteiger partial charge is 0.408 e. The molecule has 0 aromatic rings. The zero-order chi connectivity index (χ0) is 32.1. The summed E-state index contributed by atoms with van der Waals surface area (Å²) in [6, 6.07) is -2.37. The van der Waals surface area contributed by atoms with E-state index >= 15 is 0 Å². The average Bonchev–Trinajstić information content (AvgIpc) is 3.79. The highest BCUT2D eigenvalue weighted by Crippen LogP contribution is 2.48. The second-order valence-corrected chi connectivity index (χ2v) is 16.1. The number of halogens is 1. The molecule has 2 heterocycles. The number of alkyl halides is 1. The summed E-state index contributed by atoms with van der Waals surface area (Å²) < 4.78 is 39.7. The molecule has 0 spiro atoms. The highest BCUT2D eigenvalue weighted by molar-refractivity contribution is 7.91. The predicted molar refractivity (Wildman–Crippen MR) is 155 cm³/mol. The van der Waals surface area contributed by atoms with Gasteiger partial charge in [0.25, 0.3) is 5.91 Å². The van der Waals surface area contributed by atoms with E-state index in [-0.39, 0.29) is 38.1 Å². The van der Waals surface area contributed by atoms with Crippen LogP contribution in [-0.4, -0.2) is 99.5 Å². The lowest BCUT2D eigenvalue weighted by molar-refractivity contribution is -0.146. The van der Waals surface area contributed by atoms with Crippen LogP contribution in [0.2, 0.25) is 0 Å². The monoisotopic (exact) mass is 628 g/mol. The summed E-state index contributed by atoms with van der Waals surface area (Å²) in [4.78, 5) is 56.3. The van der Waals surface area contributed by atoms with Gasteiger partial charge in [0.05, 0.1) is 6.10 Å². The van der Waals surface area contributed by atoms with Crippen molar-refractivity contribution in [2.75, 3.05) is 13.2 Å². The van der Waals surface area contributed by atoms with Gasteiger partial charge in [-0.05, 0) is 71.1 Å². The lowest BCUT2D eigenvalue weighted by Gasteiger charge is -2.43. The first-order chi connectivity index (χ1) is 19.9. The van der Waals surface area contributed by atoms with E-state index in [2.05, 4.69) is 5.32 Å². The van der Waals surface area contributed by atoms with Crippen LogP contribution in [0.4, 0.5) is 9.18 Å². The zero-order valence-corrected chi connectivity index (χ0v) is 26.3. The van der Waals surface area contributed by atoms with Crippen molar-refractivity contribution in [3.63, 3.8) is 0 Å². The number of aliphatic hydroxyl groups excluding tert-OH is 1. The first kappa shape index (κ1) is 33.2. The Bertz CT molecular complexity index is 1280. The molecule has 0 radical (unpaired) electrons. The summed E-state index contributed by atoms with van der Waals surface area (Å²) >= 11 is 0. The van der Waals surface area contributed by atoms with Gasteiger partial charge in [-0.3, -0.25) is 24.0 Å². The molecule has 0 aromatic heterocycles. The average molecular weight is 629 g/mol. The van der Waals surface area contributed by atoms with Crippen molar-refractivity contribution in [1.29, 1.82) is 0 Å². The summed E-state index contributed by atoms with van der Waals surface area (Å²) in [6.45, 7) is 7.55. The molecular weight excluding hydrogens is 583 g/mol. The van der Waals surface area contributed by atoms with Crippen molar-refractivity contribution in [3.05, 3.63) is 12.2 Å². The minimum Gasteiger partial charge on any atom is -0.465 e. The quantitative estimate of drug-likeness (QED) is 0.334. The highest BCUT2D eigenvalue weighted by atomic mass is 32.2. The molecule has 2 aliphatic carbocycles. The molecule has 2 aliphatic heterocycles. The Morgan fingerprint density at radius 1 is 1.21 bits per heavy atom. The molecule has 4 aliphatic rings. The van der Waals surface area contributed by atoms with E-state index in [1.165, 1.54) is 4.90 Å². The van der Waals surface area contributed by atoms with Gasteiger partial charge in [0.2, 0.25) is 21.8 Å². The van der Waals surface area contributed by atoms with E-state index in [0.29, 0.717) is 19.3 Å². The van der Waals surface area contributed by atoms with Crippen molar-refractivity contribution in [2.45, 2.75) is 114 Å². The second-order valence-electron chi connectivity index (χ2n) is 14.0. The third-order valence-electron chi connectivity index (χ3n) is 9.45.